The van der Waals surface area contributed by atoms with Gasteiger partial charge in [0, 0.05) is 6.08 Å². The van der Waals surface area contributed by atoms with Crippen LogP contribution in [0.3, 0.4) is 0 Å². The lowest BCUT2D eigenvalue weighted by Gasteiger charge is -2.15. The molecule has 0 aliphatic heterocycles. The predicted molar refractivity (Wildman–Crippen MR) is 46.3 cm³/mol. The van der Waals surface area contributed by atoms with Gasteiger partial charge in [-0.3, -0.25) is 0 Å². The van der Waals surface area contributed by atoms with E-state index >= 15 is 0 Å². The molecule has 0 saturated carbocycles. The first-order valence-electron chi connectivity index (χ1n) is 4.66. The van der Waals surface area contributed by atoms with Gasteiger partial charge in [0.05, 0.1) is 11.1 Å². The maximum Gasteiger partial charge on any atom is 0.417 e. The fourth-order valence-electron chi connectivity index (χ4n) is 1.30. The minimum Gasteiger partial charge on any atom is -0.203 e. The Kier molecular flexibility index (Phi) is 4.26. The van der Waals surface area contributed by atoms with E-state index in [9.17, 15) is 48.3 Å². The van der Waals surface area contributed by atoms with Crippen LogP contribution in [0, 0.1) is 29.1 Å². The zero-order valence-electron chi connectivity index (χ0n) is 9.23. The van der Waals surface area contributed by atoms with E-state index in [-0.39, 0.29) is 0 Å². The minimum absolute atomic E-state index is 1.59. The van der Waals surface area contributed by atoms with Gasteiger partial charge < -0.3 is 0 Å². The van der Waals surface area contributed by atoms with E-state index in [0.29, 0.717) is 0 Å². The fourth-order valence-corrected chi connectivity index (χ4v) is 1.30. The second-order valence-electron chi connectivity index (χ2n) is 3.54. The van der Waals surface area contributed by atoms with Crippen molar-refractivity contribution in [1.82, 2.24) is 0 Å². The lowest BCUT2D eigenvalue weighted by Crippen LogP contribution is -2.19. The van der Waals surface area contributed by atoms with E-state index < -0.39 is 58.7 Å². The Bertz CT molecular complexity index is 561. The Labute approximate surface area is 108 Å². The number of alkyl halides is 6. The topological polar surface area (TPSA) is 0 Å². The van der Waals surface area contributed by atoms with E-state index in [0.717, 1.165) is 0 Å². The van der Waals surface area contributed by atoms with Gasteiger partial charge in [-0.2, -0.15) is 26.3 Å². The van der Waals surface area contributed by atoms with Gasteiger partial charge in [-0.15, -0.1) is 0 Å². The summed E-state index contributed by atoms with van der Waals surface area (Å²) in [5.41, 5.74) is -5.74. The van der Waals surface area contributed by atoms with Gasteiger partial charge in [0.15, 0.2) is 23.3 Å². The maximum atomic E-state index is 13.1. The average molecular weight is 330 g/mol. The SMILES string of the molecule is Fc1c(F)c(F)c(/C(=C\C(F)(F)F)C(F)(F)F)c(F)c1F. The summed E-state index contributed by atoms with van der Waals surface area (Å²) in [6, 6.07) is 0. The van der Waals surface area contributed by atoms with Gasteiger partial charge in [-0.1, -0.05) is 0 Å². The molecule has 0 N–H and O–H groups in total. The molecule has 21 heavy (non-hydrogen) atoms. The highest BCUT2D eigenvalue weighted by atomic mass is 19.4. The zero-order chi connectivity index (χ0) is 16.7. The summed E-state index contributed by atoms with van der Waals surface area (Å²) in [6.07, 6.45) is -13.3. The summed E-state index contributed by atoms with van der Waals surface area (Å²) in [4.78, 5) is 0. The van der Waals surface area contributed by atoms with E-state index in [1.165, 1.54) is 0 Å². The van der Waals surface area contributed by atoms with Crippen LogP contribution in [0.5, 0.6) is 0 Å². The molecule has 0 bridgehead atoms. The van der Waals surface area contributed by atoms with Crippen molar-refractivity contribution in [3.63, 3.8) is 0 Å². The van der Waals surface area contributed by atoms with Crippen LogP contribution in [0.4, 0.5) is 48.3 Å². The average Bonchev–Trinajstić information content (AvgIpc) is 2.30. The van der Waals surface area contributed by atoms with Crippen molar-refractivity contribution in [3.05, 3.63) is 40.7 Å². The molecule has 0 saturated heterocycles. The first kappa shape index (κ1) is 17.2. The molecular formula is C10HF11. The van der Waals surface area contributed by atoms with Crippen molar-refractivity contribution in [1.29, 1.82) is 0 Å². The molecule has 0 spiro atoms. The summed E-state index contributed by atoms with van der Waals surface area (Å²) >= 11 is 0. The summed E-state index contributed by atoms with van der Waals surface area (Å²) in [5, 5.41) is 0. The van der Waals surface area contributed by atoms with Crippen molar-refractivity contribution in [2.45, 2.75) is 12.4 Å². The van der Waals surface area contributed by atoms with Crippen LogP contribution in [-0.4, -0.2) is 12.4 Å². The monoisotopic (exact) mass is 330 g/mol. The second-order valence-corrected chi connectivity index (χ2v) is 3.54. The fraction of sp³-hybridized carbons (Fsp3) is 0.200. The molecule has 0 atom stereocenters. The third-order valence-electron chi connectivity index (χ3n) is 2.09. The normalized spacial score (nSPS) is 13.8. The van der Waals surface area contributed by atoms with Gasteiger partial charge >= 0.3 is 12.4 Å². The van der Waals surface area contributed by atoms with Crippen LogP contribution in [0.1, 0.15) is 5.56 Å². The molecule has 11 heteroatoms. The molecule has 1 aromatic rings. The van der Waals surface area contributed by atoms with Crippen LogP contribution in [0.25, 0.3) is 5.57 Å². The molecule has 0 fully saturated rings. The number of halogens is 11. The van der Waals surface area contributed by atoms with Gasteiger partial charge in [-0.25, -0.2) is 22.0 Å². The molecule has 118 valence electrons. The van der Waals surface area contributed by atoms with Crippen molar-refractivity contribution in [3.8, 4) is 0 Å². The molecule has 0 radical (unpaired) electrons. The number of benzene rings is 1. The van der Waals surface area contributed by atoms with Gasteiger partial charge in [0.2, 0.25) is 5.82 Å². The molecule has 0 aromatic heterocycles. The minimum atomic E-state index is -6.01. The largest absolute Gasteiger partial charge is 0.417 e. The number of hydrogen-bond acceptors (Lipinski definition) is 0. The lowest BCUT2D eigenvalue weighted by atomic mass is 10.0. The van der Waals surface area contributed by atoms with Gasteiger partial charge in [0.1, 0.15) is 0 Å². The van der Waals surface area contributed by atoms with Crippen LogP contribution >= 0.6 is 0 Å². The highest BCUT2D eigenvalue weighted by Gasteiger charge is 2.44. The van der Waals surface area contributed by atoms with Crippen molar-refractivity contribution < 1.29 is 48.3 Å². The number of allylic oxidation sites excluding steroid dienone is 2. The Balaban J connectivity index is 3.82. The molecule has 0 heterocycles. The summed E-state index contributed by atoms with van der Waals surface area (Å²) in [7, 11) is 0. The first-order valence-corrected chi connectivity index (χ1v) is 4.66. The van der Waals surface area contributed by atoms with Crippen molar-refractivity contribution in [2.24, 2.45) is 0 Å². The Morgan fingerprint density at radius 3 is 1.24 bits per heavy atom. The first-order chi connectivity index (χ1) is 9.27. The van der Waals surface area contributed by atoms with Crippen LogP contribution in [0.15, 0.2) is 6.08 Å². The summed E-state index contributed by atoms with van der Waals surface area (Å²) < 4.78 is 138. The predicted octanol–water partition coefficient (Wildman–Crippen LogP) is 4.89. The van der Waals surface area contributed by atoms with Gasteiger partial charge in [-0.05, 0) is 0 Å². The van der Waals surface area contributed by atoms with Crippen LogP contribution < -0.4 is 0 Å². The smallest absolute Gasteiger partial charge is 0.203 e. The molecular weight excluding hydrogens is 329 g/mol. The van der Waals surface area contributed by atoms with E-state index in [1.54, 1.807) is 0 Å². The second kappa shape index (κ2) is 5.19. The summed E-state index contributed by atoms with van der Waals surface area (Å²) in [5.74, 6) is -14.4. The molecule has 1 aromatic carbocycles. The quantitative estimate of drug-likeness (QED) is 0.391. The van der Waals surface area contributed by atoms with Crippen LogP contribution in [0.2, 0.25) is 0 Å². The third-order valence-corrected chi connectivity index (χ3v) is 2.09. The summed E-state index contributed by atoms with van der Waals surface area (Å²) in [6.45, 7) is 0. The standard InChI is InChI=1S/C10HF11/c11-4-3(5(12)7(14)8(15)6(4)13)2(10(19,20)21)1-9(16,17)18/h1H/b2-1+. The molecule has 0 amide bonds. The van der Waals surface area contributed by atoms with Crippen molar-refractivity contribution >= 4 is 5.57 Å². The van der Waals surface area contributed by atoms with E-state index in [1.807, 2.05) is 0 Å². The number of hydrogen-bond donors (Lipinski definition) is 0. The van der Waals surface area contributed by atoms with Crippen LogP contribution in [-0.2, 0) is 0 Å². The Morgan fingerprint density at radius 1 is 0.619 bits per heavy atom. The molecule has 0 aliphatic carbocycles. The van der Waals surface area contributed by atoms with Gasteiger partial charge in [0.25, 0.3) is 0 Å². The van der Waals surface area contributed by atoms with E-state index in [2.05, 4.69) is 0 Å². The number of rotatable bonds is 1. The molecule has 0 nitrogen and oxygen atoms in total. The molecule has 0 unspecified atom stereocenters. The zero-order valence-corrected chi connectivity index (χ0v) is 9.23. The Morgan fingerprint density at radius 2 is 0.952 bits per heavy atom. The van der Waals surface area contributed by atoms with E-state index in [4.69, 9.17) is 0 Å². The Hall–Kier alpha value is -1.81. The van der Waals surface area contributed by atoms with Crippen molar-refractivity contribution in [2.75, 3.05) is 0 Å². The maximum absolute atomic E-state index is 13.1. The lowest BCUT2D eigenvalue weighted by molar-refractivity contribution is -0.0913. The molecule has 1 rings (SSSR count). The highest BCUT2D eigenvalue weighted by Crippen LogP contribution is 2.40. The highest BCUT2D eigenvalue weighted by molar-refractivity contribution is 5.71. The third kappa shape index (κ3) is 3.45. The molecule has 0 aliphatic rings.